The molecule has 0 radical (unpaired) electrons. The Labute approximate surface area is 143 Å². The molecule has 6 heteroatoms. The maximum absolute atomic E-state index is 13.2. The average Bonchev–Trinajstić information content (AvgIpc) is 3.16. The molecule has 0 spiro atoms. The van der Waals surface area contributed by atoms with Crippen molar-refractivity contribution in [2.24, 2.45) is 0 Å². The Balaban J connectivity index is 1.63. The van der Waals surface area contributed by atoms with Crippen molar-refractivity contribution in [2.75, 3.05) is 7.05 Å². The lowest BCUT2D eigenvalue weighted by Crippen LogP contribution is -2.27. The quantitative estimate of drug-likeness (QED) is 0.701. The van der Waals surface area contributed by atoms with E-state index in [4.69, 9.17) is 4.42 Å². The van der Waals surface area contributed by atoms with E-state index in [1.807, 2.05) is 24.4 Å². The molecule has 2 heterocycles. The highest BCUT2D eigenvalue weighted by molar-refractivity contribution is 7.13. The number of likely N-dealkylation sites (N-methyl/N-ethyl adjacent to an activating group) is 1. The van der Waals surface area contributed by atoms with Gasteiger partial charge in [0.05, 0.1) is 12.1 Å². The van der Waals surface area contributed by atoms with Crippen molar-refractivity contribution < 1.29 is 13.6 Å². The Morgan fingerprint density at radius 2 is 2.17 bits per heavy atom. The number of carbonyl (C=O) groups excluding carboxylic acids is 1. The van der Waals surface area contributed by atoms with Crippen LogP contribution in [-0.2, 0) is 17.8 Å². The van der Waals surface area contributed by atoms with Gasteiger partial charge in [0.15, 0.2) is 10.8 Å². The topological polar surface area (TPSA) is 46.3 Å². The van der Waals surface area contributed by atoms with Crippen LogP contribution in [0.2, 0.25) is 0 Å². The Bertz CT molecular complexity index is 856. The maximum Gasteiger partial charge on any atom is 0.228 e. The number of furan rings is 1. The second-order valence-electron chi connectivity index (χ2n) is 5.61. The summed E-state index contributed by atoms with van der Waals surface area (Å²) < 4.78 is 18.8. The first-order valence-electron chi connectivity index (χ1n) is 7.51. The van der Waals surface area contributed by atoms with E-state index in [0.717, 1.165) is 16.3 Å². The van der Waals surface area contributed by atoms with Crippen molar-refractivity contribution in [3.63, 3.8) is 0 Å². The van der Waals surface area contributed by atoms with Gasteiger partial charge in [-0.05, 0) is 36.8 Å². The van der Waals surface area contributed by atoms with E-state index in [1.54, 1.807) is 24.1 Å². The zero-order valence-corrected chi connectivity index (χ0v) is 14.3. The third-order valence-corrected chi connectivity index (χ3v) is 4.48. The smallest absolute Gasteiger partial charge is 0.228 e. The molecule has 0 aliphatic carbocycles. The minimum absolute atomic E-state index is 0.0632. The van der Waals surface area contributed by atoms with Crippen molar-refractivity contribution in [1.82, 2.24) is 9.88 Å². The molecule has 0 atom stereocenters. The SMILES string of the molecule is Cc1ccc(-c2nc(CC(=O)N(C)Cc3cccc(F)c3)cs2)o1. The molecule has 0 aliphatic heterocycles. The minimum Gasteiger partial charge on any atom is -0.459 e. The summed E-state index contributed by atoms with van der Waals surface area (Å²) in [5.41, 5.74) is 1.47. The van der Waals surface area contributed by atoms with Crippen LogP contribution in [0.3, 0.4) is 0 Å². The summed E-state index contributed by atoms with van der Waals surface area (Å²) in [6, 6.07) is 10.0. The van der Waals surface area contributed by atoms with E-state index >= 15 is 0 Å². The Morgan fingerprint density at radius 1 is 1.33 bits per heavy atom. The summed E-state index contributed by atoms with van der Waals surface area (Å²) in [7, 11) is 1.70. The lowest BCUT2D eigenvalue weighted by atomic mass is 10.2. The molecule has 0 bridgehead atoms. The first-order chi connectivity index (χ1) is 11.5. The summed E-state index contributed by atoms with van der Waals surface area (Å²) in [6.07, 6.45) is 0.210. The van der Waals surface area contributed by atoms with Gasteiger partial charge in [0.2, 0.25) is 5.91 Å². The molecule has 1 aromatic carbocycles. The van der Waals surface area contributed by atoms with Gasteiger partial charge in [0, 0.05) is 19.0 Å². The van der Waals surface area contributed by atoms with Crippen LogP contribution in [-0.4, -0.2) is 22.8 Å². The normalized spacial score (nSPS) is 10.8. The van der Waals surface area contributed by atoms with Crippen molar-refractivity contribution in [1.29, 1.82) is 0 Å². The molecule has 0 fully saturated rings. The minimum atomic E-state index is -0.300. The number of aryl methyl sites for hydroxylation is 1. The third-order valence-electron chi connectivity index (χ3n) is 3.57. The highest BCUT2D eigenvalue weighted by Gasteiger charge is 2.14. The molecule has 0 aliphatic rings. The summed E-state index contributed by atoms with van der Waals surface area (Å²) in [5, 5.41) is 2.62. The summed E-state index contributed by atoms with van der Waals surface area (Å²) in [5.74, 6) is 1.18. The monoisotopic (exact) mass is 344 g/mol. The fourth-order valence-corrected chi connectivity index (χ4v) is 3.12. The molecule has 2 aromatic heterocycles. The second-order valence-corrected chi connectivity index (χ2v) is 6.47. The van der Waals surface area contributed by atoms with Crippen molar-refractivity contribution in [2.45, 2.75) is 19.9 Å². The molecule has 4 nitrogen and oxygen atoms in total. The number of amides is 1. The van der Waals surface area contributed by atoms with Crippen LogP contribution in [0.15, 0.2) is 46.2 Å². The number of thiazole rings is 1. The fraction of sp³-hybridized carbons (Fsp3) is 0.222. The maximum atomic E-state index is 13.2. The number of hydrogen-bond donors (Lipinski definition) is 0. The molecule has 124 valence electrons. The van der Waals surface area contributed by atoms with Crippen LogP contribution < -0.4 is 0 Å². The fourth-order valence-electron chi connectivity index (χ4n) is 2.34. The standard InChI is InChI=1S/C18H17FN2O2S/c1-12-6-7-16(23-12)18-20-15(11-24-18)9-17(22)21(2)10-13-4-3-5-14(19)8-13/h3-8,11H,9-10H2,1-2H3. The highest BCUT2D eigenvalue weighted by atomic mass is 32.1. The van der Waals surface area contributed by atoms with E-state index in [2.05, 4.69) is 4.98 Å². The molecule has 0 N–H and O–H groups in total. The van der Waals surface area contributed by atoms with E-state index in [-0.39, 0.29) is 18.1 Å². The highest BCUT2D eigenvalue weighted by Crippen LogP contribution is 2.25. The second kappa shape index (κ2) is 6.97. The first kappa shape index (κ1) is 16.4. The molecular weight excluding hydrogens is 327 g/mol. The molecule has 3 aromatic rings. The predicted octanol–water partition coefficient (Wildman–Crippen LogP) is 4.05. The number of aromatic nitrogens is 1. The average molecular weight is 344 g/mol. The molecule has 0 unspecified atom stereocenters. The lowest BCUT2D eigenvalue weighted by Gasteiger charge is -2.16. The molecule has 24 heavy (non-hydrogen) atoms. The Hall–Kier alpha value is -2.47. The molecular formula is C18H17FN2O2S. The van der Waals surface area contributed by atoms with Crippen LogP contribution >= 0.6 is 11.3 Å². The van der Waals surface area contributed by atoms with Crippen LogP contribution in [0.5, 0.6) is 0 Å². The van der Waals surface area contributed by atoms with Gasteiger partial charge in [-0.25, -0.2) is 9.37 Å². The number of rotatable bonds is 5. The number of carbonyl (C=O) groups is 1. The third kappa shape index (κ3) is 3.89. The van der Waals surface area contributed by atoms with Crippen LogP contribution in [0.25, 0.3) is 10.8 Å². The van der Waals surface area contributed by atoms with Crippen LogP contribution in [0.4, 0.5) is 4.39 Å². The zero-order valence-electron chi connectivity index (χ0n) is 13.5. The number of halogens is 1. The number of benzene rings is 1. The first-order valence-corrected chi connectivity index (χ1v) is 8.39. The molecule has 0 saturated carbocycles. The summed E-state index contributed by atoms with van der Waals surface area (Å²) >= 11 is 1.45. The van der Waals surface area contributed by atoms with E-state index in [9.17, 15) is 9.18 Å². The van der Waals surface area contributed by atoms with Crippen LogP contribution in [0.1, 0.15) is 17.0 Å². The summed E-state index contributed by atoms with van der Waals surface area (Å²) in [4.78, 5) is 18.4. The van der Waals surface area contributed by atoms with Gasteiger partial charge >= 0.3 is 0 Å². The van der Waals surface area contributed by atoms with Gasteiger partial charge in [0.1, 0.15) is 11.6 Å². The zero-order chi connectivity index (χ0) is 17.1. The Morgan fingerprint density at radius 3 is 2.88 bits per heavy atom. The van der Waals surface area contributed by atoms with Crippen molar-refractivity contribution in [3.8, 4) is 10.8 Å². The lowest BCUT2D eigenvalue weighted by molar-refractivity contribution is -0.129. The van der Waals surface area contributed by atoms with Gasteiger partial charge in [-0.15, -0.1) is 11.3 Å². The number of hydrogen-bond acceptors (Lipinski definition) is 4. The van der Waals surface area contributed by atoms with Crippen molar-refractivity contribution >= 4 is 17.2 Å². The van der Waals surface area contributed by atoms with Crippen LogP contribution in [0, 0.1) is 12.7 Å². The van der Waals surface area contributed by atoms with Gasteiger partial charge < -0.3 is 9.32 Å². The predicted molar refractivity (Wildman–Crippen MR) is 91.1 cm³/mol. The van der Waals surface area contributed by atoms with Gasteiger partial charge in [-0.2, -0.15) is 0 Å². The van der Waals surface area contributed by atoms with Gasteiger partial charge in [-0.3, -0.25) is 4.79 Å². The van der Waals surface area contributed by atoms with Gasteiger partial charge in [-0.1, -0.05) is 12.1 Å². The largest absolute Gasteiger partial charge is 0.459 e. The van der Waals surface area contributed by atoms with Gasteiger partial charge in [0.25, 0.3) is 0 Å². The molecule has 3 rings (SSSR count). The van der Waals surface area contributed by atoms with Crippen molar-refractivity contribution in [3.05, 3.63) is 64.6 Å². The molecule has 1 amide bonds. The Kier molecular flexibility index (Phi) is 4.76. The van der Waals surface area contributed by atoms with E-state index in [1.165, 1.54) is 23.5 Å². The van der Waals surface area contributed by atoms with E-state index in [0.29, 0.717) is 18.0 Å². The number of nitrogens with zero attached hydrogens (tertiary/aromatic N) is 2. The van der Waals surface area contributed by atoms with E-state index < -0.39 is 0 Å². The summed E-state index contributed by atoms with van der Waals surface area (Å²) in [6.45, 7) is 2.24. The molecule has 0 saturated heterocycles.